The zero-order valence-electron chi connectivity index (χ0n) is 24.4. The van der Waals surface area contributed by atoms with Gasteiger partial charge >= 0.3 is 5.97 Å². The van der Waals surface area contributed by atoms with Crippen LogP contribution in [-0.2, 0) is 18.8 Å². The molecule has 0 bridgehead atoms. The van der Waals surface area contributed by atoms with Crippen LogP contribution in [0.3, 0.4) is 0 Å². The van der Waals surface area contributed by atoms with Gasteiger partial charge in [-0.3, -0.25) is 9.59 Å². The maximum atomic E-state index is 13.4. The molecule has 0 aromatic rings. The van der Waals surface area contributed by atoms with Crippen LogP contribution >= 0.6 is 0 Å². The molecule has 0 aromatic heterocycles. The van der Waals surface area contributed by atoms with Gasteiger partial charge in [-0.25, -0.2) is 0 Å². The highest BCUT2D eigenvalue weighted by molar-refractivity contribution is 6.74. The Kier molecular flexibility index (Phi) is 9.26. The van der Waals surface area contributed by atoms with Gasteiger partial charge in [-0.05, 0) is 106 Å². The number of hydrogen-bond acceptors (Lipinski definition) is 4. The first-order chi connectivity index (χ1) is 17.5. The normalized spacial score (nSPS) is 30.7. The number of hydrogen-bond donors (Lipinski definition) is 0. The molecule has 0 N–H and O–H groups in total. The van der Waals surface area contributed by atoms with E-state index in [0.29, 0.717) is 30.1 Å². The Bertz CT molecular complexity index is 879. The molecule has 5 heteroatoms. The van der Waals surface area contributed by atoms with E-state index in [1.54, 1.807) is 0 Å². The van der Waals surface area contributed by atoms with E-state index in [4.69, 9.17) is 9.16 Å². The first-order valence-electron chi connectivity index (χ1n) is 15.3. The topological polar surface area (TPSA) is 52.6 Å². The van der Waals surface area contributed by atoms with Crippen LogP contribution in [0.4, 0.5) is 0 Å². The second kappa shape index (κ2) is 11.9. The number of fused-ring (bicyclic) bond motifs is 1. The minimum absolute atomic E-state index is 0.00797. The van der Waals surface area contributed by atoms with Gasteiger partial charge in [0.15, 0.2) is 14.1 Å². The van der Waals surface area contributed by atoms with Crippen molar-refractivity contribution in [2.24, 2.45) is 29.6 Å². The van der Waals surface area contributed by atoms with E-state index >= 15 is 0 Å². The SMILES string of the molecule is CCOC(=O)C1CCC(=C2CC3C(/C=C/C(O[Si](C)(C)C(C)(C)C)C4CCCCC4)CCC3C2=O)CC1. The fraction of sp³-hybridized carbons (Fsp3) is 0.812. The van der Waals surface area contributed by atoms with E-state index in [1.165, 1.54) is 37.7 Å². The van der Waals surface area contributed by atoms with Crippen LogP contribution in [0, 0.1) is 29.6 Å². The van der Waals surface area contributed by atoms with Crippen molar-refractivity contribution in [3.05, 3.63) is 23.3 Å². The van der Waals surface area contributed by atoms with Gasteiger partial charge in [0.2, 0.25) is 0 Å². The van der Waals surface area contributed by atoms with E-state index in [-0.39, 0.29) is 28.9 Å². The van der Waals surface area contributed by atoms with E-state index in [1.807, 2.05) is 6.92 Å². The van der Waals surface area contributed by atoms with Crippen LogP contribution in [0.2, 0.25) is 18.1 Å². The van der Waals surface area contributed by atoms with Crippen molar-refractivity contribution in [2.75, 3.05) is 6.61 Å². The van der Waals surface area contributed by atoms with Gasteiger partial charge in [0.25, 0.3) is 0 Å². The molecule has 4 aliphatic carbocycles. The summed E-state index contributed by atoms with van der Waals surface area (Å²) in [5.41, 5.74) is 2.46. The highest BCUT2D eigenvalue weighted by Gasteiger charge is 2.47. The molecule has 0 aromatic carbocycles. The summed E-state index contributed by atoms with van der Waals surface area (Å²) in [5, 5.41) is 0.206. The van der Waals surface area contributed by atoms with Gasteiger partial charge in [0.05, 0.1) is 18.6 Å². The van der Waals surface area contributed by atoms with Crippen molar-refractivity contribution in [3.8, 4) is 0 Å². The summed E-state index contributed by atoms with van der Waals surface area (Å²) >= 11 is 0. The van der Waals surface area contributed by atoms with Crippen LogP contribution in [0.1, 0.15) is 105 Å². The minimum atomic E-state index is -1.86. The molecule has 4 nitrogen and oxygen atoms in total. The highest BCUT2D eigenvalue weighted by atomic mass is 28.4. The molecule has 208 valence electrons. The summed E-state index contributed by atoms with van der Waals surface area (Å²) in [5.74, 6) is 2.15. The first kappa shape index (κ1) is 28.8. The number of carbonyl (C=O) groups is 2. The van der Waals surface area contributed by atoms with Gasteiger partial charge in [-0.1, -0.05) is 57.8 Å². The molecule has 4 unspecified atom stereocenters. The van der Waals surface area contributed by atoms with Crippen LogP contribution < -0.4 is 0 Å². The minimum Gasteiger partial charge on any atom is -0.466 e. The summed E-state index contributed by atoms with van der Waals surface area (Å²) in [4.78, 5) is 25.6. The summed E-state index contributed by atoms with van der Waals surface area (Å²) in [7, 11) is -1.86. The monoisotopic (exact) mass is 528 g/mol. The average molecular weight is 529 g/mol. The van der Waals surface area contributed by atoms with Crippen LogP contribution in [0.5, 0.6) is 0 Å². The molecule has 37 heavy (non-hydrogen) atoms. The van der Waals surface area contributed by atoms with E-state index < -0.39 is 8.32 Å². The Morgan fingerprint density at radius 1 is 1.03 bits per heavy atom. The van der Waals surface area contributed by atoms with E-state index in [9.17, 15) is 9.59 Å². The van der Waals surface area contributed by atoms with Crippen molar-refractivity contribution < 1.29 is 18.8 Å². The Morgan fingerprint density at radius 2 is 1.70 bits per heavy atom. The quantitative estimate of drug-likeness (QED) is 0.145. The maximum Gasteiger partial charge on any atom is 0.308 e. The predicted octanol–water partition coefficient (Wildman–Crippen LogP) is 8.18. The smallest absolute Gasteiger partial charge is 0.308 e. The van der Waals surface area contributed by atoms with Crippen LogP contribution in [0.15, 0.2) is 23.3 Å². The zero-order chi connectivity index (χ0) is 26.8. The fourth-order valence-electron chi connectivity index (χ4n) is 7.12. The Labute approximate surface area is 227 Å². The van der Waals surface area contributed by atoms with E-state index in [2.05, 4.69) is 46.0 Å². The molecule has 4 aliphatic rings. The van der Waals surface area contributed by atoms with Crippen molar-refractivity contribution in [3.63, 3.8) is 0 Å². The van der Waals surface area contributed by atoms with Crippen molar-refractivity contribution in [1.82, 2.24) is 0 Å². The second-order valence-electron chi connectivity index (χ2n) is 13.8. The van der Waals surface area contributed by atoms with Crippen molar-refractivity contribution in [1.29, 1.82) is 0 Å². The largest absolute Gasteiger partial charge is 0.466 e. The van der Waals surface area contributed by atoms with Gasteiger partial charge < -0.3 is 9.16 Å². The number of Topliss-reactive ketones (excluding diaryl/α,β-unsaturated/α-hetero) is 1. The third-order valence-electron chi connectivity index (χ3n) is 10.5. The molecule has 4 rings (SSSR count). The van der Waals surface area contributed by atoms with Crippen LogP contribution in [0.25, 0.3) is 0 Å². The summed E-state index contributed by atoms with van der Waals surface area (Å²) in [6.45, 7) is 14.1. The van der Waals surface area contributed by atoms with Gasteiger partial charge in [0, 0.05) is 5.92 Å². The number of allylic oxidation sites excluding steroid dienone is 3. The maximum absolute atomic E-state index is 13.4. The first-order valence-corrected chi connectivity index (χ1v) is 18.2. The van der Waals surface area contributed by atoms with Gasteiger partial charge in [0.1, 0.15) is 0 Å². The Hall–Kier alpha value is -1.20. The number of ketones is 1. The second-order valence-corrected chi connectivity index (χ2v) is 18.6. The lowest BCUT2D eigenvalue weighted by atomic mass is 9.82. The third kappa shape index (κ3) is 6.51. The van der Waals surface area contributed by atoms with Gasteiger partial charge in [-0.15, -0.1) is 0 Å². The van der Waals surface area contributed by atoms with Crippen LogP contribution in [-0.4, -0.2) is 32.8 Å². The number of rotatable bonds is 7. The average Bonchev–Trinajstić information content (AvgIpc) is 3.41. The molecular weight excluding hydrogens is 476 g/mol. The lowest BCUT2D eigenvalue weighted by Gasteiger charge is -2.41. The van der Waals surface area contributed by atoms with E-state index in [0.717, 1.165) is 50.5 Å². The predicted molar refractivity (Wildman–Crippen MR) is 153 cm³/mol. The molecule has 4 atom stereocenters. The fourth-order valence-corrected chi connectivity index (χ4v) is 8.43. The lowest BCUT2D eigenvalue weighted by molar-refractivity contribution is -0.148. The molecule has 0 radical (unpaired) electrons. The highest BCUT2D eigenvalue weighted by Crippen LogP contribution is 2.51. The molecule has 0 saturated heterocycles. The molecule has 0 aliphatic heterocycles. The summed E-state index contributed by atoms with van der Waals surface area (Å²) < 4.78 is 12.3. The molecular formula is C32H52O4Si. The molecule has 4 saturated carbocycles. The zero-order valence-corrected chi connectivity index (χ0v) is 25.4. The summed E-state index contributed by atoms with van der Waals surface area (Å²) in [6.07, 6.45) is 18.2. The number of ether oxygens (including phenoxy) is 1. The van der Waals surface area contributed by atoms with Crippen molar-refractivity contribution in [2.45, 2.75) is 129 Å². The standard InChI is InChI=1S/C32H52O4Si/c1-7-35-31(34)25-15-13-23(14-16-25)28-21-27-22(17-19-26(27)30(28)33)18-20-29(24-11-9-8-10-12-24)36-37(5,6)32(2,3)4/h18,20,22,24-27,29H,7-17,19,21H2,1-6H3/b20-18+,28-23?. The molecule has 0 amide bonds. The molecule has 4 fully saturated rings. The van der Waals surface area contributed by atoms with Gasteiger partial charge in [-0.2, -0.15) is 0 Å². The number of esters is 1. The number of carbonyl (C=O) groups excluding carboxylic acids is 2. The Morgan fingerprint density at radius 3 is 2.32 bits per heavy atom. The van der Waals surface area contributed by atoms with Crippen molar-refractivity contribution >= 4 is 20.1 Å². The Balaban J connectivity index is 1.44. The lowest BCUT2D eigenvalue weighted by Crippen LogP contribution is -2.45. The third-order valence-corrected chi connectivity index (χ3v) is 15.0. The molecule has 0 heterocycles. The molecule has 0 spiro atoms. The summed E-state index contributed by atoms with van der Waals surface area (Å²) in [6, 6.07) is 0.